The second kappa shape index (κ2) is 2.69. The lowest BCUT2D eigenvalue weighted by molar-refractivity contribution is 0.126. The van der Waals surface area contributed by atoms with E-state index in [-0.39, 0.29) is 0 Å². The number of hydrogen-bond donors (Lipinski definition) is 1. The van der Waals surface area contributed by atoms with Crippen molar-refractivity contribution >= 4 is 11.3 Å². The normalized spacial score (nSPS) is 15.5. The van der Waals surface area contributed by atoms with Crippen LogP contribution < -0.4 is 0 Å². The Bertz CT molecular complexity index is 291. The minimum atomic E-state index is -1.10. The summed E-state index contributed by atoms with van der Waals surface area (Å²) in [4.78, 5) is 0.831. The van der Waals surface area contributed by atoms with Crippen LogP contribution in [-0.2, 0) is 5.60 Å². The van der Waals surface area contributed by atoms with E-state index in [1.807, 2.05) is 18.4 Å². The van der Waals surface area contributed by atoms with Crippen LogP contribution in [-0.4, -0.2) is 5.11 Å². The Morgan fingerprint density at radius 1 is 1.73 bits per heavy atom. The Morgan fingerprint density at radius 2 is 2.36 bits per heavy atom. The van der Waals surface area contributed by atoms with Crippen molar-refractivity contribution in [2.45, 2.75) is 19.4 Å². The van der Waals surface area contributed by atoms with E-state index < -0.39 is 5.60 Å². The van der Waals surface area contributed by atoms with Crippen LogP contribution in [0.5, 0.6) is 0 Å². The molecule has 1 N–H and O–H groups in total. The molecule has 1 rings (SSSR count). The molecule has 1 aromatic rings. The first kappa shape index (κ1) is 8.32. The summed E-state index contributed by atoms with van der Waals surface area (Å²) in [6.45, 7) is 3.60. The third-order valence-electron chi connectivity index (χ3n) is 1.49. The van der Waals surface area contributed by atoms with Crippen LogP contribution in [0.1, 0.15) is 17.4 Å². The Labute approximate surface area is 70.7 Å². The first-order valence-electron chi connectivity index (χ1n) is 3.32. The van der Waals surface area contributed by atoms with Crippen molar-refractivity contribution in [2.75, 3.05) is 0 Å². The maximum absolute atomic E-state index is 9.58. The zero-order valence-electron chi connectivity index (χ0n) is 6.59. The average molecular weight is 166 g/mol. The molecular formula is C9H10OS. The first-order valence-corrected chi connectivity index (χ1v) is 4.20. The summed E-state index contributed by atoms with van der Waals surface area (Å²) >= 11 is 1.49. The van der Waals surface area contributed by atoms with Gasteiger partial charge in [0, 0.05) is 4.88 Å². The number of hydrogen-bond acceptors (Lipinski definition) is 2. The van der Waals surface area contributed by atoms with E-state index in [0.717, 1.165) is 10.4 Å². The minimum absolute atomic E-state index is 0.831. The molecule has 0 saturated carbocycles. The molecular weight excluding hydrogens is 156 g/mol. The van der Waals surface area contributed by atoms with Gasteiger partial charge < -0.3 is 5.11 Å². The molecule has 1 heterocycles. The smallest absolute Gasteiger partial charge is 0.156 e. The molecule has 0 radical (unpaired) electrons. The molecule has 1 aromatic heterocycles. The number of terminal acetylenes is 1. The molecule has 1 nitrogen and oxygen atoms in total. The largest absolute Gasteiger partial charge is 0.373 e. The lowest BCUT2D eigenvalue weighted by atomic mass is 10.1. The molecule has 58 valence electrons. The van der Waals surface area contributed by atoms with Gasteiger partial charge in [0.2, 0.25) is 0 Å². The number of thiophene rings is 1. The van der Waals surface area contributed by atoms with Crippen LogP contribution in [0.15, 0.2) is 11.4 Å². The number of aryl methyl sites for hydroxylation is 1. The van der Waals surface area contributed by atoms with Gasteiger partial charge in [-0.25, -0.2) is 0 Å². The van der Waals surface area contributed by atoms with Gasteiger partial charge in [-0.15, -0.1) is 17.8 Å². The van der Waals surface area contributed by atoms with Crippen LogP contribution in [0.3, 0.4) is 0 Å². The molecule has 0 amide bonds. The van der Waals surface area contributed by atoms with Crippen molar-refractivity contribution < 1.29 is 5.11 Å². The zero-order valence-corrected chi connectivity index (χ0v) is 7.40. The van der Waals surface area contributed by atoms with Gasteiger partial charge in [0.15, 0.2) is 5.60 Å². The summed E-state index contributed by atoms with van der Waals surface area (Å²) in [7, 11) is 0. The van der Waals surface area contributed by atoms with E-state index in [9.17, 15) is 5.11 Å². The molecule has 0 bridgehead atoms. The highest BCUT2D eigenvalue weighted by Crippen LogP contribution is 2.26. The summed E-state index contributed by atoms with van der Waals surface area (Å²) in [6, 6.07) is 1.91. The third kappa shape index (κ3) is 1.62. The fourth-order valence-electron chi connectivity index (χ4n) is 0.758. The Kier molecular flexibility index (Phi) is 2.03. The van der Waals surface area contributed by atoms with Crippen molar-refractivity contribution in [1.29, 1.82) is 0 Å². The Morgan fingerprint density at radius 3 is 2.73 bits per heavy atom. The van der Waals surface area contributed by atoms with E-state index in [1.165, 1.54) is 11.3 Å². The molecule has 0 fully saturated rings. The molecule has 0 aliphatic carbocycles. The molecule has 0 saturated heterocycles. The van der Waals surface area contributed by atoms with E-state index in [1.54, 1.807) is 6.92 Å². The topological polar surface area (TPSA) is 20.2 Å². The van der Waals surface area contributed by atoms with Gasteiger partial charge >= 0.3 is 0 Å². The van der Waals surface area contributed by atoms with Gasteiger partial charge in [-0.2, -0.15) is 0 Å². The van der Waals surface area contributed by atoms with Crippen molar-refractivity contribution in [1.82, 2.24) is 0 Å². The molecule has 0 aliphatic heterocycles. The highest BCUT2D eigenvalue weighted by atomic mass is 32.1. The minimum Gasteiger partial charge on any atom is -0.373 e. The molecule has 1 atom stereocenters. The second-order valence-corrected chi connectivity index (χ2v) is 3.62. The van der Waals surface area contributed by atoms with Crippen molar-refractivity contribution in [3.63, 3.8) is 0 Å². The number of rotatable bonds is 1. The van der Waals surface area contributed by atoms with E-state index in [4.69, 9.17) is 6.42 Å². The second-order valence-electron chi connectivity index (χ2n) is 2.70. The Balaban J connectivity index is 3.04. The summed E-state index contributed by atoms with van der Waals surface area (Å²) in [5.41, 5.74) is 0.0411. The first-order chi connectivity index (χ1) is 5.06. The molecule has 0 spiro atoms. The zero-order chi connectivity index (χ0) is 8.48. The lowest BCUT2D eigenvalue weighted by Crippen LogP contribution is -2.15. The maximum atomic E-state index is 9.58. The van der Waals surface area contributed by atoms with Crippen molar-refractivity contribution in [3.8, 4) is 12.3 Å². The van der Waals surface area contributed by atoms with Gasteiger partial charge in [-0.05, 0) is 30.9 Å². The summed E-state index contributed by atoms with van der Waals surface area (Å²) in [5, 5.41) is 11.6. The predicted molar refractivity (Wildman–Crippen MR) is 47.5 cm³/mol. The highest BCUT2D eigenvalue weighted by Gasteiger charge is 2.20. The van der Waals surface area contributed by atoms with Crippen molar-refractivity contribution in [3.05, 3.63) is 21.9 Å². The van der Waals surface area contributed by atoms with Crippen LogP contribution in [0.4, 0.5) is 0 Å². The quantitative estimate of drug-likeness (QED) is 0.632. The number of aliphatic hydroxyl groups is 1. The van der Waals surface area contributed by atoms with Gasteiger partial charge in [0.05, 0.1) is 0 Å². The molecule has 0 aliphatic rings. The fraction of sp³-hybridized carbons (Fsp3) is 0.333. The van der Waals surface area contributed by atoms with Gasteiger partial charge in [0.25, 0.3) is 0 Å². The van der Waals surface area contributed by atoms with Crippen LogP contribution in [0.25, 0.3) is 0 Å². The van der Waals surface area contributed by atoms with Crippen LogP contribution >= 0.6 is 11.3 Å². The summed E-state index contributed by atoms with van der Waals surface area (Å²) < 4.78 is 0. The molecule has 2 heteroatoms. The van der Waals surface area contributed by atoms with Gasteiger partial charge in [-0.1, -0.05) is 5.92 Å². The van der Waals surface area contributed by atoms with Gasteiger partial charge in [0.1, 0.15) is 0 Å². The van der Waals surface area contributed by atoms with Gasteiger partial charge in [-0.3, -0.25) is 0 Å². The third-order valence-corrected chi connectivity index (χ3v) is 2.75. The van der Waals surface area contributed by atoms with Crippen LogP contribution in [0, 0.1) is 19.3 Å². The van der Waals surface area contributed by atoms with Crippen LogP contribution in [0.2, 0.25) is 0 Å². The van der Waals surface area contributed by atoms with E-state index in [2.05, 4.69) is 5.92 Å². The summed E-state index contributed by atoms with van der Waals surface area (Å²) in [5.74, 6) is 2.34. The average Bonchev–Trinajstić information content (AvgIpc) is 2.36. The highest BCUT2D eigenvalue weighted by molar-refractivity contribution is 7.10. The van der Waals surface area contributed by atoms with E-state index in [0.29, 0.717) is 0 Å². The summed E-state index contributed by atoms with van der Waals surface area (Å²) in [6.07, 6.45) is 5.15. The molecule has 1 unspecified atom stereocenters. The molecule has 11 heavy (non-hydrogen) atoms. The standard InChI is InChI=1S/C9H10OS/c1-4-9(3,10)8-5-7(2)6-11-8/h1,5-6,10H,2-3H3. The predicted octanol–water partition coefficient (Wildman–Crippen LogP) is 1.90. The van der Waals surface area contributed by atoms with Crippen molar-refractivity contribution in [2.24, 2.45) is 0 Å². The van der Waals surface area contributed by atoms with E-state index >= 15 is 0 Å². The maximum Gasteiger partial charge on any atom is 0.156 e. The molecule has 0 aromatic carbocycles. The fourth-order valence-corrected chi connectivity index (χ4v) is 1.68. The lowest BCUT2D eigenvalue weighted by Gasteiger charge is -2.12. The SMILES string of the molecule is C#CC(C)(O)c1cc(C)cs1. The monoisotopic (exact) mass is 166 g/mol. The Hall–Kier alpha value is -0.780.